The number of benzene rings is 3. The summed E-state index contributed by atoms with van der Waals surface area (Å²) in [6, 6.07) is 36.2. The largest absolute Gasteiger partial charge is 0.305 e. The Morgan fingerprint density at radius 2 is 1.50 bits per heavy atom. The van der Waals surface area contributed by atoms with Crippen LogP contribution in [0.25, 0.3) is 22.5 Å². The van der Waals surface area contributed by atoms with Gasteiger partial charge >= 0.3 is 0 Å². The number of aryl methyl sites for hydroxylation is 2. The Kier molecular flexibility index (Phi) is 12.0. The Hall–Kier alpha value is -3.39. The van der Waals surface area contributed by atoms with Crippen LogP contribution in [0.1, 0.15) is 68.0 Å². The van der Waals surface area contributed by atoms with Gasteiger partial charge in [-0.05, 0) is 65.2 Å². The third kappa shape index (κ3) is 9.58. The third-order valence-electron chi connectivity index (χ3n) is 7.11. The fraction of sp³-hybridized carbons (Fsp3) is 0.282. The predicted molar refractivity (Wildman–Crippen MR) is 173 cm³/mol. The van der Waals surface area contributed by atoms with Gasteiger partial charge in [-0.3, -0.25) is 0 Å². The summed E-state index contributed by atoms with van der Waals surface area (Å²) in [5, 5.41) is 0. The molecule has 0 amide bonds. The first-order chi connectivity index (χ1) is 19.6. The molecule has 0 spiro atoms. The molecule has 0 fully saturated rings. The van der Waals surface area contributed by atoms with Gasteiger partial charge < -0.3 is 9.97 Å². The summed E-state index contributed by atoms with van der Waals surface area (Å²) < 4.78 is 0. The van der Waals surface area contributed by atoms with E-state index in [1.807, 2.05) is 24.5 Å². The topological polar surface area (TPSA) is 25.8 Å². The smallest absolute Gasteiger partial charge is 0.0192 e. The van der Waals surface area contributed by atoms with E-state index in [0.717, 1.165) is 35.4 Å². The van der Waals surface area contributed by atoms with Crippen LogP contribution in [0.4, 0.5) is 0 Å². The summed E-state index contributed by atoms with van der Waals surface area (Å²) in [4.78, 5) is 9.06. The van der Waals surface area contributed by atoms with Gasteiger partial charge in [-0.15, -0.1) is 70.8 Å². The van der Waals surface area contributed by atoms with Crippen LogP contribution in [0.15, 0.2) is 97.3 Å². The van der Waals surface area contributed by atoms with Crippen molar-refractivity contribution >= 4 is 0 Å². The second-order valence-corrected chi connectivity index (χ2v) is 12.3. The molecule has 2 heterocycles. The number of aromatic nitrogens is 2. The van der Waals surface area contributed by atoms with Crippen molar-refractivity contribution in [2.45, 2.75) is 66.7 Å². The monoisotopic (exact) mass is 731 g/mol. The van der Waals surface area contributed by atoms with E-state index in [0.29, 0.717) is 5.92 Å². The zero-order chi connectivity index (χ0) is 29.4. The average Bonchev–Trinajstić information content (AvgIpc) is 2.95. The van der Waals surface area contributed by atoms with E-state index >= 15 is 0 Å². The number of pyridine rings is 2. The van der Waals surface area contributed by atoms with Crippen molar-refractivity contribution in [3.8, 4) is 22.5 Å². The minimum absolute atomic E-state index is 0. The molecule has 42 heavy (non-hydrogen) atoms. The van der Waals surface area contributed by atoms with Crippen LogP contribution in [0.2, 0.25) is 0 Å². The van der Waals surface area contributed by atoms with E-state index in [2.05, 4.69) is 143 Å². The van der Waals surface area contributed by atoms with Gasteiger partial charge in [0.15, 0.2) is 0 Å². The van der Waals surface area contributed by atoms with Crippen molar-refractivity contribution in [3.63, 3.8) is 0 Å². The van der Waals surface area contributed by atoms with Crippen LogP contribution in [0.3, 0.4) is 0 Å². The van der Waals surface area contributed by atoms with E-state index in [-0.39, 0.29) is 25.5 Å². The standard InChI is InChI=1S/C22H22N.C17H20N.Ir/c1-22(2,3)20-11-7-10-19(16-20)21-15-18(12-13-23-21)14-17-8-5-4-6-9-17;1-12(2)9-16-10-17(18-11-14(16)4)15-7-5-13(3)6-8-15;/h4-9,11-13,15-16H,14H2,1-3H3;5-7,10-12H,9H2,1-4H3;/q2*-1;. The molecule has 0 unspecified atom stereocenters. The van der Waals surface area contributed by atoms with Crippen molar-refractivity contribution < 1.29 is 20.1 Å². The summed E-state index contributed by atoms with van der Waals surface area (Å²) in [6.07, 6.45) is 5.90. The number of hydrogen-bond acceptors (Lipinski definition) is 2. The maximum Gasteiger partial charge on any atom is 0.0192 e. The van der Waals surface area contributed by atoms with Crippen LogP contribution < -0.4 is 0 Å². The van der Waals surface area contributed by atoms with Gasteiger partial charge in [-0.1, -0.05) is 89.6 Å². The molecule has 2 aromatic heterocycles. The van der Waals surface area contributed by atoms with Gasteiger partial charge in [-0.2, -0.15) is 0 Å². The van der Waals surface area contributed by atoms with E-state index < -0.39 is 0 Å². The molecule has 0 aliphatic rings. The summed E-state index contributed by atoms with van der Waals surface area (Å²) >= 11 is 0. The molecular formula is C39H42IrN2-2. The summed E-state index contributed by atoms with van der Waals surface area (Å²) in [5.41, 5.74) is 12.1. The van der Waals surface area contributed by atoms with E-state index in [9.17, 15) is 0 Å². The van der Waals surface area contributed by atoms with Crippen molar-refractivity contribution in [1.82, 2.24) is 9.97 Å². The van der Waals surface area contributed by atoms with Gasteiger partial charge in [0.1, 0.15) is 0 Å². The molecule has 0 saturated carbocycles. The van der Waals surface area contributed by atoms with Gasteiger partial charge in [0.2, 0.25) is 0 Å². The molecule has 0 aliphatic carbocycles. The maximum absolute atomic E-state index is 4.54. The number of hydrogen-bond donors (Lipinski definition) is 0. The fourth-order valence-electron chi connectivity index (χ4n) is 4.68. The molecule has 3 aromatic carbocycles. The molecule has 5 rings (SSSR count). The summed E-state index contributed by atoms with van der Waals surface area (Å²) in [6.45, 7) is 15.4. The first-order valence-corrected chi connectivity index (χ1v) is 14.5. The molecule has 0 bridgehead atoms. The van der Waals surface area contributed by atoms with E-state index in [1.165, 1.54) is 33.4 Å². The van der Waals surface area contributed by atoms with Crippen molar-refractivity contribution in [2.24, 2.45) is 5.92 Å². The predicted octanol–water partition coefficient (Wildman–Crippen LogP) is 9.80. The Morgan fingerprint density at radius 3 is 2.17 bits per heavy atom. The molecule has 1 radical (unpaired) electrons. The van der Waals surface area contributed by atoms with Crippen LogP contribution in [-0.4, -0.2) is 9.97 Å². The van der Waals surface area contributed by atoms with Crippen LogP contribution in [-0.2, 0) is 38.4 Å². The zero-order valence-electron chi connectivity index (χ0n) is 26.0. The van der Waals surface area contributed by atoms with Gasteiger partial charge in [0, 0.05) is 32.5 Å². The minimum Gasteiger partial charge on any atom is -0.305 e. The molecule has 3 heteroatoms. The molecule has 5 aromatic rings. The van der Waals surface area contributed by atoms with Crippen molar-refractivity contribution in [1.29, 1.82) is 0 Å². The van der Waals surface area contributed by atoms with Gasteiger partial charge in [0.25, 0.3) is 0 Å². The normalized spacial score (nSPS) is 11.0. The van der Waals surface area contributed by atoms with Crippen LogP contribution in [0.5, 0.6) is 0 Å². The Labute approximate surface area is 267 Å². The van der Waals surface area contributed by atoms with Crippen molar-refractivity contribution in [3.05, 3.63) is 143 Å². The quantitative estimate of drug-likeness (QED) is 0.163. The Balaban J connectivity index is 0.000000232. The molecule has 2 nitrogen and oxygen atoms in total. The minimum atomic E-state index is 0. The summed E-state index contributed by atoms with van der Waals surface area (Å²) in [5.74, 6) is 0.668. The van der Waals surface area contributed by atoms with E-state index in [1.54, 1.807) is 0 Å². The van der Waals surface area contributed by atoms with Gasteiger partial charge in [0.05, 0.1) is 0 Å². The number of rotatable bonds is 6. The second-order valence-electron chi connectivity index (χ2n) is 12.3. The van der Waals surface area contributed by atoms with Gasteiger partial charge in [-0.25, -0.2) is 0 Å². The first-order valence-electron chi connectivity index (χ1n) is 14.5. The molecule has 219 valence electrons. The fourth-order valence-corrected chi connectivity index (χ4v) is 4.68. The summed E-state index contributed by atoms with van der Waals surface area (Å²) in [7, 11) is 0. The Bertz CT molecular complexity index is 1550. The Morgan fingerprint density at radius 1 is 0.762 bits per heavy atom. The maximum atomic E-state index is 4.54. The average molecular weight is 731 g/mol. The molecule has 0 saturated heterocycles. The SMILES string of the molecule is CC(C)(C)c1cc[c-]c(-c2cc(Cc3ccccc3)ccn2)c1.Cc1c[c-]c(-c2cc(CC(C)C)c(C)cn2)cc1.[Ir]. The van der Waals surface area contributed by atoms with Crippen LogP contribution in [0, 0.1) is 31.9 Å². The molecular weight excluding hydrogens is 689 g/mol. The molecule has 0 atom stereocenters. The second kappa shape index (κ2) is 15.2. The number of nitrogens with zero attached hydrogens (tertiary/aromatic N) is 2. The molecule has 0 aliphatic heterocycles. The van der Waals surface area contributed by atoms with Crippen LogP contribution >= 0.6 is 0 Å². The third-order valence-corrected chi connectivity index (χ3v) is 7.11. The van der Waals surface area contributed by atoms with E-state index in [4.69, 9.17) is 0 Å². The first kappa shape index (κ1) is 33.1. The molecule has 0 N–H and O–H groups in total. The van der Waals surface area contributed by atoms with Crippen molar-refractivity contribution in [2.75, 3.05) is 0 Å². The zero-order valence-corrected chi connectivity index (χ0v) is 28.4.